The van der Waals surface area contributed by atoms with Crippen LogP contribution in [0.5, 0.6) is 0 Å². The van der Waals surface area contributed by atoms with Gasteiger partial charge in [0.05, 0.1) is 22.1 Å². The number of aryl methyl sites for hydroxylation is 2. The first-order chi connectivity index (χ1) is 17.7. The topological polar surface area (TPSA) is 100 Å². The van der Waals surface area contributed by atoms with Crippen LogP contribution in [0.2, 0.25) is 0 Å². The van der Waals surface area contributed by atoms with Crippen LogP contribution in [0.4, 0.5) is 4.39 Å². The lowest BCUT2D eigenvalue weighted by molar-refractivity contribution is -0.160. The summed E-state index contributed by atoms with van der Waals surface area (Å²) in [7, 11) is 1.67. The minimum Gasteiger partial charge on any atom is -0.458 e. The predicted octanol–water partition coefficient (Wildman–Crippen LogP) is 5.22. The molecule has 7 nitrogen and oxygen atoms in total. The summed E-state index contributed by atoms with van der Waals surface area (Å²) < 4.78 is 21.4. The Morgan fingerprint density at radius 2 is 1.74 bits per heavy atom. The van der Waals surface area contributed by atoms with Crippen LogP contribution in [0.25, 0.3) is 33.1 Å². The number of nitrogens with two attached hydrogens (primary N) is 1. The Morgan fingerprint density at radius 1 is 1.08 bits per heavy atom. The van der Waals surface area contributed by atoms with E-state index in [1.165, 1.54) is 16.7 Å². The Morgan fingerprint density at radius 3 is 2.39 bits per heavy atom. The third kappa shape index (κ3) is 5.45. The van der Waals surface area contributed by atoms with Gasteiger partial charge >= 0.3 is 5.97 Å². The van der Waals surface area contributed by atoms with Crippen LogP contribution in [0, 0.1) is 18.2 Å². The number of nitrogens with zero attached hydrogens (tertiary/aromatic N) is 3. The molecule has 2 aromatic carbocycles. The van der Waals surface area contributed by atoms with E-state index in [0.717, 1.165) is 5.56 Å². The third-order valence-electron chi connectivity index (χ3n) is 6.67. The molecule has 2 heterocycles. The molecule has 2 aromatic heterocycles. The zero-order valence-electron chi connectivity index (χ0n) is 23.1. The van der Waals surface area contributed by atoms with Crippen LogP contribution in [0.15, 0.2) is 47.5 Å². The standard InChI is InChI=1S/C30H35FN4O3/c1-17-21-15-19(31)9-11-23(21)35(7)27(36)24(17)20-10-8-18(25-26(20)34-13-12-33-25)14-22(32)28(37)38-30(5,6)16-29(2,3)4/h8-13,15,22H,14,16,32H2,1-7H3/t22-/m0/s1. The van der Waals surface area contributed by atoms with E-state index in [-0.39, 0.29) is 23.2 Å². The maximum Gasteiger partial charge on any atom is 0.323 e. The van der Waals surface area contributed by atoms with Gasteiger partial charge in [-0.1, -0.05) is 32.9 Å². The van der Waals surface area contributed by atoms with Crippen molar-refractivity contribution in [2.75, 3.05) is 0 Å². The van der Waals surface area contributed by atoms with Crippen LogP contribution in [-0.4, -0.2) is 32.1 Å². The molecular weight excluding hydrogens is 483 g/mol. The Hall–Kier alpha value is -3.65. The minimum absolute atomic E-state index is 0.0147. The monoisotopic (exact) mass is 518 g/mol. The van der Waals surface area contributed by atoms with Gasteiger partial charge in [0, 0.05) is 36.8 Å². The molecule has 0 bridgehead atoms. The molecule has 0 unspecified atom stereocenters. The van der Waals surface area contributed by atoms with Gasteiger partial charge < -0.3 is 15.0 Å². The number of hydrogen-bond acceptors (Lipinski definition) is 6. The number of fused-ring (bicyclic) bond motifs is 2. The average molecular weight is 519 g/mol. The summed E-state index contributed by atoms with van der Waals surface area (Å²) in [5.74, 6) is -0.863. The molecule has 0 amide bonds. The van der Waals surface area contributed by atoms with Crippen molar-refractivity contribution < 1.29 is 13.9 Å². The highest BCUT2D eigenvalue weighted by atomic mass is 19.1. The van der Waals surface area contributed by atoms with Gasteiger partial charge in [-0.3, -0.25) is 19.6 Å². The summed E-state index contributed by atoms with van der Waals surface area (Å²) in [5, 5.41) is 0.644. The molecular formula is C30H35FN4O3. The summed E-state index contributed by atoms with van der Waals surface area (Å²) in [5.41, 5.74) is 9.48. The fraction of sp³-hybridized carbons (Fsp3) is 0.400. The first-order valence-electron chi connectivity index (χ1n) is 12.7. The molecule has 0 fully saturated rings. The summed E-state index contributed by atoms with van der Waals surface area (Å²) in [4.78, 5) is 35.4. The van der Waals surface area contributed by atoms with E-state index >= 15 is 0 Å². The second-order valence-electron chi connectivity index (χ2n) is 11.8. The molecule has 0 saturated carbocycles. The summed E-state index contributed by atoms with van der Waals surface area (Å²) in [6.07, 6.45) is 4.00. The number of pyridine rings is 1. The van der Waals surface area contributed by atoms with Gasteiger partial charge in [0.1, 0.15) is 17.5 Å². The van der Waals surface area contributed by atoms with Crippen molar-refractivity contribution in [3.05, 3.63) is 70.0 Å². The lowest BCUT2D eigenvalue weighted by atomic mass is 9.83. The Kier molecular flexibility index (Phi) is 7.14. The Balaban J connectivity index is 1.75. The van der Waals surface area contributed by atoms with E-state index in [0.29, 0.717) is 45.0 Å². The lowest BCUT2D eigenvalue weighted by Gasteiger charge is -2.33. The molecule has 1 atom stereocenters. The highest BCUT2D eigenvalue weighted by Gasteiger charge is 2.31. The quantitative estimate of drug-likeness (QED) is 0.351. The van der Waals surface area contributed by atoms with Gasteiger partial charge in [0.2, 0.25) is 0 Å². The number of carbonyl (C=O) groups is 1. The number of ether oxygens (including phenoxy) is 1. The first kappa shape index (κ1) is 27.4. The molecule has 2 N–H and O–H groups in total. The number of hydrogen-bond donors (Lipinski definition) is 1. The fourth-order valence-electron chi connectivity index (χ4n) is 5.45. The maximum absolute atomic E-state index is 14.1. The van der Waals surface area contributed by atoms with Gasteiger partial charge in [-0.15, -0.1) is 0 Å². The number of rotatable bonds is 6. The zero-order valence-corrected chi connectivity index (χ0v) is 23.1. The molecule has 4 aromatic rings. The second kappa shape index (κ2) is 9.91. The molecule has 4 rings (SSSR count). The van der Waals surface area contributed by atoms with Crippen LogP contribution in [-0.2, 0) is 23.0 Å². The molecule has 0 spiro atoms. The van der Waals surface area contributed by atoms with E-state index in [4.69, 9.17) is 10.5 Å². The van der Waals surface area contributed by atoms with Crippen molar-refractivity contribution in [3.8, 4) is 11.1 Å². The lowest BCUT2D eigenvalue weighted by Crippen LogP contribution is -2.41. The van der Waals surface area contributed by atoms with E-state index in [1.807, 2.05) is 19.9 Å². The molecule has 0 aliphatic heterocycles. The molecule has 200 valence electrons. The van der Waals surface area contributed by atoms with Crippen molar-refractivity contribution in [1.82, 2.24) is 14.5 Å². The van der Waals surface area contributed by atoms with Crippen LogP contribution in [0.3, 0.4) is 0 Å². The number of halogens is 1. The zero-order chi connectivity index (χ0) is 28.0. The van der Waals surface area contributed by atoms with Crippen molar-refractivity contribution in [2.45, 2.75) is 66.0 Å². The normalized spacial score (nSPS) is 13.2. The second-order valence-corrected chi connectivity index (χ2v) is 11.8. The van der Waals surface area contributed by atoms with Crippen LogP contribution >= 0.6 is 0 Å². The maximum atomic E-state index is 14.1. The SMILES string of the molecule is Cc1c(-c2ccc(C[C@H](N)C(=O)OC(C)(C)CC(C)(C)C)c3nccnc23)c(=O)n(C)c2ccc(F)cc12. The molecule has 0 aliphatic carbocycles. The average Bonchev–Trinajstić information content (AvgIpc) is 2.82. The molecule has 0 aliphatic rings. The van der Waals surface area contributed by atoms with E-state index < -0.39 is 17.6 Å². The summed E-state index contributed by atoms with van der Waals surface area (Å²) in [6.45, 7) is 11.9. The fourth-order valence-corrected chi connectivity index (χ4v) is 5.45. The third-order valence-corrected chi connectivity index (χ3v) is 6.67. The van der Waals surface area contributed by atoms with Gasteiger partial charge in [-0.05, 0) is 61.9 Å². The first-order valence-corrected chi connectivity index (χ1v) is 12.7. The number of benzene rings is 2. The van der Waals surface area contributed by atoms with Crippen LogP contribution in [0.1, 0.15) is 52.2 Å². The Bertz CT molecular complexity index is 1600. The van der Waals surface area contributed by atoms with E-state index in [9.17, 15) is 14.0 Å². The molecule has 0 radical (unpaired) electrons. The Labute approximate surface area is 221 Å². The number of aromatic nitrogens is 3. The highest BCUT2D eigenvalue weighted by Crippen LogP contribution is 2.33. The smallest absolute Gasteiger partial charge is 0.323 e. The summed E-state index contributed by atoms with van der Waals surface area (Å²) >= 11 is 0. The van der Waals surface area contributed by atoms with E-state index in [1.54, 1.807) is 38.5 Å². The van der Waals surface area contributed by atoms with Gasteiger partial charge in [0.25, 0.3) is 5.56 Å². The van der Waals surface area contributed by atoms with Crippen molar-refractivity contribution in [2.24, 2.45) is 18.2 Å². The molecule has 0 saturated heterocycles. The van der Waals surface area contributed by atoms with Gasteiger partial charge in [-0.25, -0.2) is 4.39 Å². The van der Waals surface area contributed by atoms with Crippen molar-refractivity contribution in [3.63, 3.8) is 0 Å². The molecule has 8 heteroatoms. The minimum atomic E-state index is -0.899. The van der Waals surface area contributed by atoms with Gasteiger partial charge in [-0.2, -0.15) is 0 Å². The highest BCUT2D eigenvalue weighted by molar-refractivity contribution is 5.98. The number of carbonyl (C=O) groups excluding carboxylic acids is 1. The number of esters is 1. The van der Waals surface area contributed by atoms with Crippen molar-refractivity contribution in [1.29, 1.82) is 0 Å². The van der Waals surface area contributed by atoms with Crippen molar-refractivity contribution >= 4 is 27.9 Å². The van der Waals surface area contributed by atoms with Crippen LogP contribution < -0.4 is 11.3 Å². The van der Waals surface area contributed by atoms with E-state index in [2.05, 4.69) is 30.7 Å². The predicted molar refractivity (Wildman–Crippen MR) is 148 cm³/mol. The molecule has 38 heavy (non-hydrogen) atoms. The van der Waals surface area contributed by atoms with Gasteiger partial charge in [0.15, 0.2) is 0 Å². The largest absolute Gasteiger partial charge is 0.458 e. The summed E-state index contributed by atoms with van der Waals surface area (Å²) in [6, 6.07) is 7.09.